The Balaban J connectivity index is 1.26. The number of amides is 1. The number of hydrogen-bond acceptors (Lipinski definition) is 3. The van der Waals surface area contributed by atoms with Gasteiger partial charge in [0.1, 0.15) is 0 Å². The summed E-state index contributed by atoms with van der Waals surface area (Å²) in [6.45, 7) is 0.675. The van der Waals surface area contributed by atoms with Crippen LogP contribution in [0.5, 0.6) is 0 Å². The first-order valence-corrected chi connectivity index (χ1v) is 13.8. The average Bonchev–Trinajstić information content (AvgIpc) is 2.70. The molecule has 0 aromatic heterocycles. The lowest BCUT2D eigenvalue weighted by Crippen LogP contribution is -2.61. The average molecular weight is 485 g/mol. The molecule has 4 aliphatic carbocycles. The maximum atomic E-state index is 13.2. The summed E-state index contributed by atoms with van der Waals surface area (Å²) in [7, 11) is -3.62. The Labute approximate surface area is 194 Å². The number of carbonyl (C=O) groups excluding carboxylic acids is 1. The van der Waals surface area contributed by atoms with Crippen molar-refractivity contribution in [1.29, 1.82) is 0 Å². The topological polar surface area (TPSA) is 66.5 Å². The first-order valence-electron chi connectivity index (χ1n) is 11.5. The molecule has 1 aromatic carbocycles. The molecule has 1 amide bonds. The highest BCUT2D eigenvalue weighted by Gasteiger charge is 2.52. The molecule has 8 heteroatoms. The molecule has 1 saturated heterocycles. The quantitative estimate of drug-likeness (QED) is 0.662. The molecular weight excluding hydrogens is 455 g/mol. The van der Waals surface area contributed by atoms with Crippen molar-refractivity contribution in [3.63, 3.8) is 0 Å². The molecule has 5 nitrogen and oxygen atoms in total. The smallest absolute Gasteiger partial charge is 0.224 e. The van der Waals surface area contributed by atoms with Gasteiger partial charge in [0.05, 0.1) is 11.7 Å². The lowest BCUT2D eigenvalue weighted by atomic mass is 9.53. The first-order chi connectivity index (χ1) is 14.7. The van der Waals surface area contributed by atoms with Crippen LogP contribution in [0.2, 0.25) is 10.0 Å². The summed E-state index contributed by atoms with van der Waals surface area (Å²) in [4.78, 5) is 13.2. The molecule has 4 saturated carbocycles. The van der Waals surface area contributed by atoms with Crippen molar-refractivity contribution < 1.29 is 13.2 Å². The molecule has 5 aliphatic rings. The van der Waals surface area contributed by atoms with Gasteiger partial charge in [-0.05, 0) is 81.3 Å². The van der Waals surface area contributed by atoms with E-state index in [2.05, 4.69) is 5.32 Å². The predicted molar refractivity (Wildman–Crippen MR) is 122 cm³/mol. The second kappa shape index (κ2) is 8.19. The summed E-state index contributed by atoms with van der Waals surface area (Å²) in [5.41, 5.74) is 0.379. The molecule has 0 radical (unpaired) electrons. The Morgan fingerprint density at radius 2 is 1.65 bits per heavy atom. The van der Waals surface area contributed by atoms with Gasteiger partial charge < -0.3 is 5.32 Å². The first kappa shape index (κ1) is 22.0. The Morgan fingerprint density at radius 3 is 2.23 bits per heavy atom. The Bertz CT molecular complexity index is 925. The van der Waals surface area contributed by atoms with Gasteiger partial charge in [-0.25, -0.2) is 12.7 Å². The molecule has 1 aromatic rings. The van der Waals surface area contributed by atoms with Crippen LogP contribution >= 0.6 is 23.2 Å². The Morgan fingerprint density at radius 1 is 1.06 bits per heavy atom. The van der Waals surface area contributed by atoms with Crippen molar-refractivity contribution in [2.45, 2.75) is 62.7 Å². The van der Waals surface area contributed by atoms with Gasteiger partial charge in [-0.1, -0.05) is 29.3 Å². The van der Waals surface area contributed by atoms with Crippen molar-refractivity contribution in [1.82, 2.24) is 9.62 Å². The number of hydrogen-bond donors (Lipinski definition) is 1. The van der Waals surface area contributed by atoms with Crippen LogP contribution in [0.3, 0.4) is 0 Å². The molecule has 170 valence electrons. The summed E-state index contributed by atoms with van der Waals surface area (Å²) < 4.78 is 27.7. The number of sulfonamides is 1. The monoisotopic (exact) mass is 484 g/mol. The van der Waals surface area contributed by atoms with Crippen molar-refractivity contribution in [2.75, 3.05) is 13.1 Å². The van der Waals surface area contributed by atoms with Gasteiger partial charge >= 0.3 is 0 Å². The minimum absolute atomic E-state index is 0.0395. The van der Waals surface area contributed by atoms with Crippen molar-refractivity contribution in [3.05, 3.63) is 33.8 Å². The van der Waals surface area contributed by atoms with Gasteiger partial charge in [0, 0.05) is 34.2 Å². The molecule has 1 aliphatic heterocycles. The maximum absolute atomic E-state index is 13.2. The zero-order valence-electron chi connectivity index (χ0n) is 17.7. The number of rotatable bonds is 5. The summed E-state index contributed by atoms with van der Waals surface area (Å²) in [5.74, 6) is 1.78. The highest BCUT2D eigenvalue weighted by molar-refractivity contribution is 7.88. The SMILES string of the molecule is O=C(NC12CC3CC(CC(C3)C1)C2)[C@@H]1CCCN(S(=O)(=O)Cc2c(Cl)cccc2Cl)C1. The van der Waals surface area contributed by atoms with Gasteiger partial charge in [0.15, 0.2) is 0 Å². The molecule has 6 rings (SSSR count). The molecule has 31 heavy (non-hydrogen) atoms. The second-order valence-electron chi connectivity index (χ2n) is 10.3. The Kier molecular flexibility index (Phi) is 5.81. The molecule has 1 N–H and O–H groups in total. The maximum Gasteiger partial charge on any atom is 0.224 e. The van der Waals surface area contributed by atoms with E-state index in [1.54, 1.807) is 18.2 Å². The summed E-state index contributed by atoms with van der Waals surface area (Å²) in [5, 5.41) is 4.13. The van der Waals surface area contributed by atoms with Crippen LogP contribution in [0.4, 0.5) is 0 Å². The minimum Gasteiger partial charge on any atom is -0.350 e. The predicted octanol–water partition coefficient (Wildman–Crippen LogP) is 4.62. The molecule has 1 atom stereocenters. The summed E-state index contributed by atoms with van der Waals surface area (Å²) in [6, 6.07) is 5.00. The number of nitrogens with one attached hydrogen (secondary N) is 1. The van der Waals surface area contributed by atoms with Crippen LogP contribution in [0, 0.1) is 23.7 Å². The van der Waals surface area contributed by atoms with E-state index < -0.39 is 10.0 Å². The fourth-order valence-corrected chi connectivity index (χ4v) is 9.34. The van der Waals surface area contributed by atoms with Crippen LogP contribution in [0.25, 0.3) is 0 Å². The summed E-state index contributed by atoms with van der Waals surface area (Å²) >= 11 is 12.4. The van der Waals surface area contributed by atoms with E-state index in [0.29, 0.717) is 28.6 Å². The largest absolute Gasteiger partial charge is 0.350 e. The molecule has 0 unspecified atom stereocenters. The van der Waals surface area contributed by atoms with Crippen molar-refractivity contribution >= 4 is 39.1 Å². The number of benzene rings is 1. The van der Waals surface area contributed by atoms with Crippen LogP contribution < -0.4 is 5.32 Å². The van der Waals surface area contributed by atoms with Gasteiger partial charge in [-0.3, -0.25) is 4.79 Å². The lowest BCUT2D eigenvalue weighted by molar-refractivity contribution is -0.131. The van der Waals surface area contributed by atoms with Gasteiger partial charge in [0.25, 0.3) is 0 Å². The minimum atomic E-state index is -3.62. The molecule has 5 fully saturated rings. The molecule has 1 heterocycles. The van der Waals surface area contributed by atoms with E-state index in [1.165, 1.54) is 23.6 Å². The van der Waals surface area contributed by atoms with E-state index in [4.69, 9.17) is 23.2 Å². The zero-order chi connectivity index (χ0) is 21.8. The van der Waals surface area contributed by atoms with E-state index >= 15 is 0 Å². The third-order valence-electron chi connectivity index (χ3n) is 7.96. The van der Waals surface area contributed by atoms with E-state index in [1.807, 2.05) is 0 Å². The Hall–Kier alpha value is -0.820. The summed E-state index contributed by atoms with van der Waals surface area (Å²) in [6.07, 6.45) is 8.71. The molecule has 0 spiro atoms. The fraction of sp³-hybridized carbons (Fsp3) is 0.696. The normalized spacial score (nSPS) is 35.3. The highest BCUT2D eigenvalue weighted by Crippen LogP contribution is 2.55. The highest BCUT2D eigenvalue weighted by atomic mass is 35.5. The molecular formula is C23H30Cl2N2O3S. The van der Waals surface area contributed by atoms with Crippen LogP contribution in [0.1, 0.15) is 56.9 Å². The van der Waals surface area contributed by atoms with Crippen LogP contribution in [-0.2, 0) is 20.6 Å². The van der Waals surface area contributed by atoms with Gasteiger partial charge in [0.2, 0.25) is 15.9 Å². The zero-order valence-corrected chi connectivity index (χ0v) is 20.0. The number of piperidine rings is 1. The van der Waals surface area contributed by atoms with E-state index in [0.717, 1.165) is 43.4 Å². The second-order valence-corrected chi connectivity index (χ2v) is 13.1. The van der Waals surface area contributed by atoms with Gasteiger partial charge in [-0.15, -0.1) is 0 Å². The van der Waals surface area contributed by atoms with Crippen molar-refractivity contribution in [3.8, 4) is 0 Å². The van der Waals surface area contributed by atoms with E-state index in [9.17, 15) is 13.2 Å². The van der Waals surface area contributed by atoms with Crippen LogP contribution in [0.15, 0.2) is 18.2 Å². The number of nitrogens with zero attached hydrogens (tertiary/aromatic N) is 1. The molecule has 4 bridgehead atoms. The van der Waals surface area contributed by atoms with E-state index in [-0.39, 0.29) is 29.7 Å². The van der Waals surface area contributed by atoms with Crippen LogP contribution in [-0.4, -0.2) is 37.3 Å². The third kappa shape index (κ3) is 4.38. The third-order valence-corrected chi connectivity index (χ3v) is 10.4. The van der Waals surface area contributed by atoms with Crippen molar-refractivity contribution in [2.24, 2.45) is 23.7 Å². The number of halogens is 2. The fourth-order valence-electron chi connectivity index (χ4n) is 6.98. The van der Waals surface area contributed by atoms with Gasteiger partial charge in [-0.2, -0.15) is 0 Å². The number of carbonyl (C=O) groups is 1. The standard InChI is InChI=1S/C23H30Cl2N2O3S/c24-20-4-1-5-21(25)19(20)14-31(29,30)27-6-2-3-18(13-27)22(28)26-23-10-15-7-16(11-23)9-17(8-15)12-23/h1,4-5,15-18H,2-3,6-14H2,(H,26,28)/t15?,16?,17?,18-,23?/m1/s1. The lowest BCUT2D eigenvalue weighted by Gasteiger charge is -2.57.